The Hall–Kier alpha value is -1.78. The fourth-order valence-electron chi connectivity index (χ4n) is 1.35. The lowest BCUT2D eigenvalue weighted by atomic mass is 10.2. The molecule has 0 aliphatic rings. The highest BCUT2D eigenvalue weighted by Crippen LogP contribution is 2.29. The first-order chi connectivity index (χ1) is 8.19. The molecule has 0 radical (unpaired) electrons. The van der Waals surface area contributed by atoms with E-state index in [2.05, 4.69) is 10.4 Å². The lowest BCUT2D eigenvalue weighted by Gasteiger charge is -2.08. The van der Waals surface area contributed by atoms with Gasteiger partial charge in [0.15, 0.2) is 0 Å². The summed E-state index contributed by atoms with van der Waals surface area (Å²) in [4.78, 5) is 4.13. The van der Waals surface area contributed by atoms with Crippen LogP contribution in [-0.4, -0.2) is 4.98 Å². The van der Waals surface area contributed by atoms with E-state index in [1.807, 2.05) is 25.1 Å². The molecular weight excluding hydrogens is 238 g/mol. The zero-order valence-electron chi connectivity index (χ0n) is 9.27. The van der Waals surface area contributed by atoms with Gasteiger partial charge in [0.1, 0.15) is 11.6 Å². The van der Waals surface area contributed by atoms with Crippen LogP contribution in [0, 0.1) is 6.92 Å². The standard InChI is InChI=1S/C12H12ClN3O/c1-8-5-6-10(9(13)7-8)17-12-4-2-3-11(15-12)16-14/h2-7H,14H2,1H3,(H,15,16). The normalized spacial score (nSPS) is 10.1. The van der Waals surface area contributed by atoms with E-state index in [4.69, 9.17) is 22.2 Å². The number of nitrogens with one attached hydrogen (secondary N) is 1. The molecule has 3 N–H and O–H groups in total. The van der Waals surface area contributed by atoms with Gasteiger partial charge in [-0.3, -0.25) is 0 Å². The van der Waals surface area contributed by atoms with E-state index < -0.39 is 0 Å². The summed E-state index contributed by atoms with van der Waals surface area (Å²) in [5.41, 5.74) is 3.53. The average Bonchev–Trinajstić information content (AvgIpc) is 2.33. The molecule has 88 valence electrons. The first-order valence-electron chi connectivity index (χ1n) is 5.07. The number of anilines is 1. The second kappa shape index (κ2) is 5.03. The molecule has 0 fully saturated rings. The summed E-state index contributed by atoms with van der Waals surface area (Å²) < 4.78 is 5.57. The van der Waals surface area contributed by atoms with Crippen molar-refractivity contribution < 1.29 is 4.74 Å². The molecule has 0 saturated heterocycles. The molecule has 0 spiro atoms. The van der Waals surface area contributed by atoms with Crippen LogP contribution in [0.5, 0.6) is 11.6 Å². The molecule has 5 heteroatoms. The predicted molar refractivity (Wildman–Crippen MR) is 68.3 cm³/mol. The summed E-state index contributed by atoms with van der Waals surface area (Å²) in [6, 6.07) is 10.8. The Labute approximate surface area is 104 Å². The Bertz CT molecular complexity index is 531. The van der Waals surface area contributed by atoms with E-state index >= 15 is 0 Å². The fourth-order valence-corrected chi connectivity index (χ4v) is 1.63. The predicted octanol–water partition coefficient (Wildman–Crippen LogP) is 3.12. The Kier molecular flexibility index (Phi) is 3.46. The minimum absolute atomic E-state index is 0.436. The summed E-state index contributed by atoms with van der Waals surface area (Å²) in [5.74, 6) is 6.81. The summed E-state index contributed by atoms with van der Waals surface area (Å²) in [6.07, 6.45) is 0. The zero-order chi connectivity index (χ0) is 12.3. The topological polar surface area (TPSA) is 60.2 Å². The second-order valence-corrected chi connectivity index (χ2v) is 3.95. The van der Waals surface area contributed by atoms with Gasteiger partial charge in [-0.15, -0.1) is 0 Å². The van der Waals surface area contributed by atoms with Crippen LogP contribution >= 0.6 is 11.6 Å². The average molecular weight is 250 g/mol. The Morgan fingerprint density at radius 2 is 2.12 bits per heavy atom. The van der Waals surface area contributed by atoms with Gasteiger partial charge >= 0.3 is 0 Å². The van der Waals surface area contributed by atoms with Crippen LogP contribution in [-0.2, 0) is 0 Å². The lowest BCUT2D eigenvalue weighted by molar-refractivity contribution is 0.464. The zero-order valence-corrected chi connectivity index (χ0v) is 10.0. The molecule has 0 amide bonds. The van der Waals surface area contributed by atoms with Crippen LogP contribution in [0.2, 0.25) is 5.02 Å². The number of hydrogen-bond acceptors (Lipinski definition) is 4. The number of hydrogen-bond donors (Lipinski definition) is 2. The van der Waals surface area contributed by atoms with E-state index in [1.165, 1.54) is 0 Å². The molecule has 1 heterocycles. The van der Waals surface area contributed by atoms with E-state index in [0.29, 0.717) is 22.5 Å². The molecule has 0 unspecified atom stereocenters. The van der Waals surface area contributed by atoms with Crippen molar-refractivity contribution in [2.24, 2.45) is 5.84 Å². The van der Waals surface area contributed by atoms with Crippen LogP contribution in [0.3, 0.4) is 0 Å². The number of hydrazine groups is 1. The number of halogens is 1. The molecule has 0 aliphatic heterocycles. The summed E-state index contributed by atoms with van der Waals surface area (Å²) in [7, 11) is 0. The Morgan fingerprint density at radius 1 is 1.29 bits per heavy atom. The third-order valence-electron chi connectivity index (χ3n) is 2.17. The van der Waals surface area contributed by atoms with E-state index in [1.54, 1.807) is 18.2 Å². The van der Waals surface area contributed by atoms with E-state index in [0.717, 1.165) is 5.56 Å². The molecule has 1 aromatic heterocycles. The van der Waals surface area contributed by atoms with Crippen molar-refractivity contribution in [2.75, 3.05) is 5.43 Å². The van der Waals surface area contributed by atoms with Gasteiger partial charge in [0.05, 0.1) is 5.02 Å². The number of pyridine rings is 1. The van der Waals surface area contributed by atoms with Crippen molar-refractivity contribution in [3.63, 3.8) is 0 Å². The van der Waals surface area contributed by atoms with E-state index in [-0.39, 0.29) is 0 Å². The second-order valence-electron chi connectivity index (χ2n) is 3.54. The van der Waals surface area contributed by atoms with Gasteiger partial charge in [-0.2, -0.15) is 4.98 Å². The van der Waals surface area contributed by atoms with Crippen molar-refractivity contribution in [3.05, 3.63) is 47.0 Å². The van der Waals surface area contributed by atoms with Gasteiger partial charge in [-0.25, -0.2) is 5.84 Å². The fraction of sp³-hybridized carbons (Fsp3) is 0.0833. The largest absolute Gasteiger partial charge is 0.437 e. The molecule has 0 aliphatic carbocycles. The number of ether oxygens (including phenoxy) is 1. The van der Waals surface area contributed by atoms with Gasteiger partial charge < -0.3 is 10.2 Å². The monoisotopic (exact) mass is 249 g/mol. The summed E-state index contributed by atoms with van der Waals surface area (Å²) >= 11 is 6.06. The van der Waals surface area contributed by atoms with Crippen molar-refractivity contribution in [3.8, 4) is 11.6 Å². The van der Waals surface area contributed by atoms with Gasteiger partial charge in [0.25, 0.3) is 0 Å². The number of benzene rings is 1. The van der Waals surface area contributed by atoms with Crippen LogP contribution < -0.4 is 16.0 Å². The van der Waals surface area contributed by atoms with Crippen molar-refractivity contribution in [1.82, 2.24) is 4.98 Å². The molecule has 0 saturated carbocycles. The quantitative estimate of drug-likeness (QED) is 0.648. The number of rotatable bonds is 3. The molecule has 17 heavy (non-hydrogen) atoms. The van der Waals surface area contributed by atoms with Gasteiger partial charge in [-0.1, -0.05) is 23.7 Å². The van der Waals surface area contributed by atoms with Gasteiger partial charge in [-0.05, 0) is 30.7 Å². The van der Waals surface area contributed by atoms with Gasteiger partial charge in [0, 0.05) is 6.07 Å². The molecule has 0 bridgehead atoms. The molecular formula is C12H12ClN3O. The SMILES string of the molecule is Cc1ccc(Oc2cccc(NN)n2)c(Cl)c1. The first kappa shape index (κ1) is 11.7. The smallest absolute Gasteiger partial charge is 0.221 e. The van der Waals surface area contributed by atoms with E-state index in [9.17, 15) is 0 Å². The minimum Gasteiger partial charge on any atom is -0.437 e. The first-order valence-corrected chi connectivity index (χ1v) is 5.44. The maximum atomic E-state index is 6.06. The van der Waals surface area contributed by atoms with Crippen LogP contribution in [0.1, 0.15) is 5.56 Å². The number of aryl methyl sites for hydroxylation is 1. The van der Waals surface area contributed by atoms with Crippen LogP contribution in [0.25, 0.3) is 0 Å². The van der Waals surface area contributed by atoms with Crippen molar-refractivity contribution >= 4 is 17.4 Å². The van der Waals surface area contributed by atoms with Crippen molar-refractivity contribution in [2.45, 2.75) is 6.92 Å². The lowest BCUT2D eigenvalue weighted by Crippen LogP contribution is -2.08. The number of aromatic nitrogens is 1. The number of nitrogen functional groups attached to an aromatic ring is 1. The Morgan fingerprint density at radius 3 is 2.82 bits per heavy atom. The number of nitrogens with zero attached hydrogens (tertiary/aromatic N) is 1. The molecule has 2 rings (SSSR count). The third kappa shape index (κ3) is 2.87. The highest BCUT2D eigenvalue weighted by molar-refractivity contribution is 6.32. The van der Waals surface area contributed by atoms with Gasteiger partial charge in [0.2, 0.25) is 5.88 Å². The van der Waals surface area contributed by atoms with Crippen molar-refractivity contribution in [1.29, 1.82) is 0 Å². The summed E-state index contributed by atoms with van der Waals surface area (Å²) in [6.45, 7) is 1.97. The molecule has 2 aromatic rings. The molecule has 4 nitrogen and oxygen atoms in total. The maximum absolute atomic E-state index is 6.06. The highest BCUT2D eigenvalue weighted by atomic mass is 35.5. The molecule has 1 aromatic carbocycles. The minimum atomic E-state index is 0.436. The highest BCUT2D eigenvalue weighted by Gasteiger charge is 2.04. The van der Waals surface area contributed by atoms with Crippen LogP contribution in [0.15, 0.2) is 36.4 Å². The van der Waals surface area contributed by atoms with Crippen LogP contribution in [0.4, 0.5) is 5.82 Å². The third-order valence-corrected chi connectivity index (χ3v) is 2.47. The maximum Gasteiger partial charge on any atom is 0.221 e. The summed E-state index contributed by atoms with van der Waals surface area (Å²) in [5, 5.41) is 0.554. The Balaban J connectivity index is 2.25. The molecule has 0 atom stereocenters. The number of nitrogens with two attached hydrogens (primary N) is 1.